The van der Waals surface area contributed by atoms with E-state index in [9.17, 15) is 9.59 Å². The lowest BCUT2D eigenvalue weighted by Crippen LogP contribution is -2.01. The molecule has 3 nitrogen and oxygen atoms in total. The van der Waals surface area contributed by atoms with Crippen molar-refractivity contribution in [1.29, 1.82) is 0 Å². The van der Waals surface area contributed by atoms with Crippen molar-refractivity contribution in [2.75, 3.05) is 6.61 Å². The van der Waals surface area contributed by atoms with Crippen molar-refractivity contribution in [2.45, 2.75) is 19.8 Å². The molecule has 0 bridgehead atoms. The number of hydrogen-bond acceptors (Lipinski definition) is 3. The van der Waals surface area contributed by atoms with Gasteiger partial charge >= 0.3 is 0 Å². The maximum Gasteiger partial charge on any atom is 0.154 e. The third-order valence-electron chi connectivity index (χ3n) is 2.10. The minimum atomic E-state index is 0.337. The zero-order chi connectivity index (χ0) is 11.1. The molecule has 0 aliphatic carbocycles. The fourth-order valence-corrected chi connectivity index (χ4v) is 1.24. The zero-order valence-corrected chi connectivity index (χ0v) is 8.73. The van der Waals surface area contributed by atoms with Gasteiger partial charge in [0.15, 0.2) is 12.6 Å². The van der Waals surface area contributed by atoms with Gasteiger partial charge in [0.25, 0.3) is 0 Å². The van der Waals surface area contributed by atoms with Crippen molar-refractivity contribution in [3.8, 4) is 5.75 Å². The number of aldehydes is 2. The number of unbranched alkanes of at least 4 members (excludes halogenated alkanes) is 1. The molecule has 0 aromatic heterocycles. The van der Waals surface area contributed by atoms with Gasteiger partial charge < -0.3 is 4.74 Å². The first-order valence-electron chi connectivity index (χ1n) is 4.99. The van der Waals surface area contributed by atoms with Crippen LogP contribution in [-0.2, 0) is 0 Å². The quantitative estimate of drug-likeness (QED) is 0.530. The molecule has 0 spiro atoms. The summed E-state index contributed by atoms with van der Waals surface area (Å²) in [5.41, 5.74) is 0.711. The molecule has 0 unspecified atom stereocenters. The molecule has 0 fully saturated rings. The highest BCUT2D eigenvalue weighted by Gasteiger charge is 2.07. The van der Waals surface area contributed by atoms with Crippen LogP contribution in [0.2, 0.25) is 0 Å². The first kappa shape index (κ1) is 11.4. The number of ether oxygens (including phenoxy) is 1. The van der Waals surface area contributed by atoms with Gasteiger partial charge in [-0.2, -0.15) is 0 Å². The number of carbonyl (C=O) groups excluding carboxylic acids is 2. The highest BCUT2D eigenvalue weighted by atomic mass is 16.5. The van der Waals surface area contributed by atoms with Crippen LogP contribution >= 0.6 is 0 Å². The second-order valence-electron chi connectivity index (χ2n) is 3.20. The normalized spacial score (nSPS) is 9.67. The minimum absolute atomic E-state index is 0.337. The van der Waals surface area contributed by atoms with Gasteiger partial charge in [0.1, 0.15) is 5.75 Å². The maximum absolute atomic E-state index is 10.8. The molecule has 1 aromatic rings. The molecular weight excluding hydrogens is 192 g/mol. The van der Waals surface area contributed by atoms with Gasteiger partial charge in [-0.1, -0.05) is 25.5 Å². The summed E-state index contributed by atoms with van der Waals surface area (Å²) in [6.07, 6.45) is 3.29. The van der Waals surface area contributed by atoms with Crippen molar-refractivity contribution < 1.29 is 14.3 Å². The second-order valence-corrected chi connectivity index (χ2v) is 3.20. The van der Waals surface area contributed by atoms with Gasteiger partial charge in [-0.25, -0.2) is 0 Å². The van der Waals surface area contributed by atoms with Crippen LogP contribution in [0.1, 0.15) is 40.5 Å². The van der Waals surface area contributed by atoms with Crippen molar-refractivity contribution in [1.82, 2.24) is 0 Å². The Morgan fingerprint density at radius 3 is 2.67 bits per heavy atom. The maximum atomic E-state index is 10.8. The van der Waals surface area contributed by atoms with E-state index in [4.69, 9.17) is 4.74 Å². The Morgan fingerprint density at radius 2 is 2.07 bits per heavy atom. The van der Waals surface area contributed by atoms with Gasteiger partial charge in [0.05, 0.1) is 12.2 Å². The summed E-state index contributed by atoms with van der Waals surface area (Å²) >= 11 is 0. The molecule has 1 aromatic carbocycles. The van der Waals surface area contributed by atoms with E-state index in [2.05, 4.69) is 6.92 Å². The van der Waals surface area contributed by atoms with Crippen LogP contribution in [0, 0.1) is 0 Å². The molecule has 0 saturated carbocycles. The lowest BCUT2D eigenvalue weighted by atomic mass is 10.1. The number of rotatable bonds is 6. The summed E-state index contributed by atoms with van der Waals surface area (Å²) in [6, 6.07) is 5.01. The lowest BCUT2D eigenvalue weighted by molar-refractivity contribution is 0.109. The number of carbonyl (C=O) groups is 2. The fraction of sp³-hybridized carbons (Fsp3) is 0.333. The van der Waals surface area contributed by atoms with Crippen LogP contribution in [0.15, 0.2) is 18.2 Å². The van der Waals surface area contributed by atoms with Crippen LogP contribution in [0.3, 0.4) is 0 Å². The van der Waals surface area contributed by atoms with E-state index >= 15 is 0 Å². The number of benzene rings is 1. The largest absolute Gasteiger partial charge is 0.493 e. The molecule has 1 rings (SSSR count). The molecule has 0 atom stereocenters. The summed E-state index contributed by atoms with van der Waals surface area (Å²) in [5, 5.41) is 0. The van der Waals surface area contributed by atoms with Crippen LogP contribution in [0.4, 0.5) is 0 Å². The van der Waals surface area contributed by atoms with Gasteiger partial charge in [-0.15, -0.1) is 0 Å². The molecule has 0 amide bonds. The first-order chi connectivity index (χ1) is 7.33. The SMILES string of the molecule is CCCCOc1cccc(C=O)c1C=O. The molecule has 0 aliphatic rings. The van der Waals surface area contributed by atoms with E-state index in [-0.39, 0.29) is 0 Å². The summed E-state index contributed by atoms with van der Waals surface area (Å²) in [6.45, 7) is 2.63. The van der Waals surface area contributed by atoms with E-state index in [1.165, 1.54) is 0 Å². The van der Waals surface area contributed by atoms with Crippen LogP contribution in [-0.4, -0.2) is 19.2 Å². The standard InChI is InChI=1S/C12H14O3/c1-2-3-7-15-12-6-4-5-10(8-13)11(12)9-14/h4-6,8-9H,2-3,7H2,1H3. The third-order valence-corrected chi connectivity index (χ3v) is 2.10. The Hall–Kier alpha value is -1.64. The van der Waals surface area contributed by atoms with Crippen LogP contribution in [0.5, 0.6) is 5.75 Å². The molecular formula is C12H14O3. The van der Waals surface area contributed by atoms with Gasteiger partial charge in [0, 0.05) is 5.56 Å². The molecule has 0 aliphatic heterocycles. The summed E-state index contributed by atoms with van der Waals surface area (Å²) in [7, 11) is 0. The summed E-state index contributed by atoms with van der Waals surface area (Å²) in [4.78, 5) is 21.5. The predicted octanol–water partition coefficient (Wildman–Crippen LogP) is 2.49. The highest BCUT2D eigenvalue weighted by molar-refractivity contribution is 5.92. The molecule has 15 heavy (non-hydrogen) atoms. The third kappa shape index (κ3) is 2.91. The predicted molar refractivity (Wildman–Crippen MR) is 57.6 cm³/mol. The van der Waals surface area contributed by atoms with Crippen LogP contribution < -0.4 is 4.74 Å². The monoisotopic (exact) mass is 206 g/mol. The van der Waals surface area contributed by atoms with Gasteiger partial charge in [-0.05, 0) is 12.5 Å². The molecule has 3 heteroatoms. The van der Waals surface area contributed by atoms with Crippen molar-refractivity contribution >= 4 is 12.6 Å². The Labute approximate surface area is 89.1 Å². The Bertz CT molecular complexity index is 345. The smallest absolute Gasteiger partial charge is 0.154 e. The highest BCUT2D eigenvalue weighted by Crippen LogP contribution is 2.19. The van der Waals surface area contributed by atoms with Crippen molar-refractivity contribution in [2.24, 2.45) is 0 Å². The molecule has 80 valence electrons. The second kappa shape index (κ2) is 5.96. The van der Waals surface area contributed by atoms with E-state index in [1.807, 2.05) is 0 Å². The molecule has 0 N–H and O–H groups in total. The van der Waals surface area contributed by atoms with Gasteiger partial charge in [0.2, 0.25) is 0 Å². The van der Waals surface area contributed by atoms with Crippen molar-refractivity contribution in [3.63, 3.8) is 0 Å². The topological polar surface area (TPSA) is 43.4 Å². The van der Waals surface area contributed by atoms with Crippen LogP contribution in [0.25, 0.3) is 0 Å². The fourth-order valence-electron chi connectivity index (χ4n) is 1.24. The average molecular weight is 206 g/mol. The minimum Gasteiger partial charge on any atom is -0.493 e. The summed E-state index contributed by atoms with van der Waals surface area (Å²) < 4.78 is 5.42. The lowest BCUT2D eigenvalue weighted by Gasteiger charge is -2.08. The van der Waals surface area contributed by atoms with E-state index in [0.717, 1.165) is 12.8 Å². The Balaban J connectivity index is 2.86. The van der Waals surface area contributed by atoms with E-state index < -0.39 is 0 Å². The van der Waals surface area contributed by atoms with Crippen molar-refractivity contribution in [3.05, 3.63) is 29.3 Å². The average Bonchev–Trinajstić information content (AvgIpc) is 2.29. The summed E-state index contributed by atoms with van der Waals surface area (Å²) in [5.74, 6) is 0.489. The van der Waals surface area contributed by atoms with E-state index in [0.29, 0.717) is 36.1 Å². The molecule has 0 saturated heterocycles. The number of hydrogen-bond donors (Lipinski definition) is 0. The zero-order valence-electron chi connectivity index (χ0n) is 8.73. The molecule has 0 heterocycles. The molecule has 0 radical (unpaired) electrons. The van der Waals surface area contributed by atoms with Gasteiger partial charge in [-0.3, -0.25) is 9.59 Å². The first-order valence-corrected chi connectivity index (χ1v) is 4.99. The Kier molecular flexibility index (Phi) is 4.54. The van der Waals surface area contributed by atoms with E-state index in [1.54, 1.807) is 18.2 Å². The Morgan fingerprint density at radius 1 is 1.27 bits per heavy atom.